The summed E-state index contributed by atoms with van der Waals surface area (Å²) >= 11 is 0. The van der Waals surface area contributed by atoms with Crippen LogP contribution in [-0.2, 0) is 11.3 Å². The van der Waals surface area contributed by atoms with Crippen molar-refractivity contribution in [3.63, 3.8) is 0 Å². The van der Waals surface area contributed by atoms with Crippen molar-refractivity contribution in [3.05, 3.63) is 42.4 Å². The standard InChI is InChI=1S/C22H32N4O2/c1-3-23-21(26-17-22(13-14-27-2)11-7-8-12-22)25-16-20-24-15-19(28-20)18-9-5-4-6-10-18/h4-6,9-10,15H,3,7-8,11-14,16-17H2,1-2H3,(H2,23,25,26). The van der Waals surface area contributed by atoms with Crippen LogP contribution < -0.4 is 10.6 Å². The minimum atomic E-state index is 0.315. The van der Waals surface area contributed by atoms with Crippen LogP contribution in [-0.4, -0.2) is 37.7 Å². The summed E-state index contributed by atoms with van der Waals surface area (Å²) in [5, 5.41) is 6.86. The van der Waals surface area contributed by atoms with Gasteiger partial charge in [-0.3, -0.25) is 0 Å². The van der Waals surface area contributed by atoms with Gasteiger partial charge in [0.15, 0.2) is 11.7 Å². The summed E-state index contributed by atoms with van der Waals surface area (Å²) < 4.78 is 11.2. The number of methoxy groups -OCH3 is 1. The van der Waals surface area contributed by atoms with Crippen LogP contribution in [0.2, 0.25) is 0 Å². The third kappa shape index (κ3) is 5.58. The fraction of sp³-hybridized carbons (Fsp3) is 0.545. The Labute approximate surface area is 167 Å². The number of guanidine groups is 1. The van der Waals surface area contributed by atoms with Gasteiger partial charge in [0, 0.05) is 32.4 Å². The Bertz CT molecular complexity index is 736. The van der Waals surface area contributed by atoms with E-state index in [4.69, 9.17) is 9.15 Å². The van der Waals surface area contributed by atoms with E-state index in [2.05, 4.69) is 27.5 Å². The van der Waals surface area contributed by atoms with Crippen LogP contribution in [0.3, 0.4) is 0 Å². The van der Waals surface area contributed by atoms with Gasteiger partial charge in [0.1, 0.15) is 6.54 Å². The van der Waals surface area contributed by atoms with E-state index in [-0.39, 0.29) is 0 Å². The molecule has 1 fully saturated rings. The second kappa shape index (κ2) is 10.3. The summed E-state index contributed by atoms with van der Waals surface area (Å²) in [6, 6.07) is 10.0. The second-order valence-electron chi connectivity index (χ2n) is 7.48. The molecule has 0 aliphatic heterocycles. The zero-order valence-electron chi connectivity index (χ0n) is 17.0. The monoisotopic (exact) mass is 384 g/mol. The van der Waals surface area contributed by atoms with Gasteiger partial charge in [-0.1, -0.05) is 43.2 Å². The number of oxazole rings is 1. The highest BCUT2D eigenvalue weighted by Gasteiger charge is 2.33. The first-order valence-electron chi connectivity index (χ1n) is 10.3. The largest absolute Gasteiger partial charge is 0.439 e. The minimum absolute atomic E-state index is 0.315. The predicted molar refractivity (Wildman–Crippen MR) is 112 cm³/mol. The van der Waals surface area contributed by atoms with E-state index in [9.17, 15) is 0 Å². The third-order valence-corrected chi connectivity index (χ3v) is 5.46. The molecule has 0 amide bonds. The fourth-order valence-corrected chi connectivity index (χ4v) is 3.84. The van der Waals surface area contributed by atoms with Crippen LogP contribution in [0.4, 0.5) is 0 Å². The number of aliphatic imine (C=N–C) groups is 1. The molecule has 0 spiro atoms. The Hall–Kier alpha value is -2.34. The highest BCUT2D eigenvalue weighted by atomic mass is 16.5. The summed E-state index contributed by atoms with van der Waals surface area (Å²) in [6.07, 6.45) is 7.97. The van der Waals surface area contributed by atoms with E-state index in [0.717, 1.165) is 43.4 Å². The molecule has 1 aromatic carbocycles. The maximum absolute atomic E-state index is 5.86. The molecule has 0 atom stereocenters. The number of nitrogens with zero attached hydrogens (tertiary/aromatic N) is 2. The number of nitrogens with one attached hydrogen (secondary N) is 2. The van der Waals surface area contributed by atoms with Gasteiger partial charge in [0.2, 0.25) is 5.89 Å². The van der Waals surface area contributed by atoms with Gasteiger partial charge in [-0.05, 0) is 31.6 Å². The number of rotatable bonds is 9. The van der Waals surface area contributed by atoms with Gasteiger partial charge in [0.05, 0.1) is 6.20 Å². The average molecular weight is 385 g/mol. The van der Waals surface area contributed by atoms with Crippen molar-refractivity contribution in [3.8, 4) is 11.3 Å². The van der Waals surface area contributed by atoms with Crippen molar-refractivity contribution in [2.75, 3.05) is 26.8 Å². The van der Waals surface area contributed by atoms with Crippen LogP contribution >= 0.6 is 0 Å². The van der Waals surface area contributed by atoms with Gasteiger partial charge < -0.3 is 19.8 Å². The Morgan fingerprint density at radius 1 is 1.21 bits per heavy atom. The van der Waals surface area contributed by atoms with E-state index < -0.39 is 0 Å². The second-order valence-corrected chi connectivity index (χ2v) is 7.48. The Morgan fingerprint density at radius 3 is 2.71 bits per heavy atom. The predicted octanol–water partition coefficient (Wildman–Crippen LogP) is 3.99. The fourth-order valence-electron chi connectivity index (χ4n) is 3.84. The van der Waals surface area contributed by atoms with Gasteiger partial charge in [-0.25, -0.2) is 9.98 Å². The first kappa shape index (κ1) is 20.4. The summed E-state index contributed by atoms with van der Waals surface area (Å²) in [5.41, 5.74) is 1.34. The molecule has 1 heterocycles. The quantitative estimate of drug-likeness (QED) is 0.505. The number of ether oxygens (including phenoxy) is 1. The average Bonchev–Trinajstić information content (AvgIpc) is 3.40. The molecule has 1 aliphatic rings. The molecule has 0 radical (unpaired) electrons. The highest BCUT2D eigenvalue weighted by molar-refractivity contribution is 5.79. The van der Waals surface area contributed by atoms with Crippen molar-refractivity contribution < 1.29 is 9.15 Å². The molecule has 152 valence electrons. The molecule has 1 aromatic heterocycles. The Kier molecular flexibility index (Phi) is 7.48. The van der Waals surface area contributed by atoms with Gasteiger partial charge in [-0.2, -0.15) is 0 Å². The molecule has 0 saturated heterocycles. The molecule has 2 N–H and O–H groups in total. The molecular formula is C22H32N4O2. The van der Waals surface area contributed by atoms with Crippen LogP contribution in [0.25, 0.3) is 11.3 Å². The maximum Gasteiger partial charge on any atom is 0.216 e. The van der Waals surface area contributed by atoms with Gasteiger partial charge in [0.25, 0.3) is 0 Å². The Balaban J connectivity index is 1.60. The maximum atomic E-state index is 5.86. The molecule has 0 bridgehead atoms. The summed E-state index contributed by atoms with van der Waals surface area (Å²) in [5.74, 6) is 2.20. The zero-order chi connectivity index (χ0) is 19.7. The van der Waals surface area contributed by atoms with Crippen LogP contribution in [0.15, 0.2) is 45.9 Å². The summed E-state index contributed by atoms with van der Waals surface area (Å²) in [4.78, 5) is 9.04. The zero-order valence-corrected chi connectivity index (χ0v) is 17.0. The molecule has 2 aromatic rings. The van der Waals surface area contributed by atoms with E-state index in [1.807, 2.05) is 30.3 Å². The van der Waals surface area contributed by atoms with Crippen molar-refractivity contribution in [1.82, 2.24) is 15.6 Å². The first-order chi connectivity index (χ1) is 13.7. The normalized spacial score (nSPS) is 16.3. The van der Waals surface area contributed by atoms with Crippen molar-refractivity contribution in [1.29, 1.82) is 0 Å². The smallest absolute Gasteiger partial charge is 0.216 e. The Morgan fingerprint density at radius 2 is 2.00 bits per heavy atom. The third-order valence-electron chi connectivity index (χ3n) is 5.46. The van der Waals surface area contributed by atoms with Crippen LogP contribution in [0, 0.1) is 5.41 Å². The number of aromatic nitrogens is 1. The first-order valence-corrected chi connectivity index (χ1v) is 10.3. The van der Waals surface area contributed by atoms with E-state index >= 15 is 0 Å². The molecule has 6 nitrogen and oxygen atoms in total. The highest BCUT2D eigenvalue weighted by Crippen LogP contribution is 2.40. The molecule has 1 aliphatic carbocycles. The lowest BCUT2D eigenvalue weighted by molar-refractivity contribution is 0.138. The van der Waals surface area contributed by atoms with Crippen LogP contribution in [0.1, 0.15) is 44.9 Å². The molecule has 28 heavy (non-hydrogen) atoms. The number of hydrogen-bond donors (Lipinski definition) is 2. The number of hydrogen-bond acceptors (Lipinski definition) is 4. The van der Waals surface area contributed by atoms with Crippen molar-refractivity contribution in [2.45, 2.75) is 45.6 Å². The van der Waals surface area contributed by atoms with E-state index in [1.165, 1.54) is 25.7 Å². The lowest BCUT2D eigenvalue weighted by Crippen LogP contribution is -2.43. The van der Waals surface area contributed by atoms with Gasteiger partial charge in [-0.15, -0.1) is 0 Å². The molecule has 1 saturated carbocycles. The van der Waals surface area contributed by atoms with E-state index in [0.29, 0.717) is 17.9 Å². The van der Waals surface area contributed by atoms with E-state index in [1.54, 1.807) is 13.3 Å². The molecule has 6 heteroatoms. The van der Waals surface area contributed by atoms with Crippen molar-refractivity contribution >= 4 is 5.96 Å². The SMILES string of the molecule is CCNC(=NCc1ncc(-c2ccccc2)o1)NCC1(CCOC)CCCC1. The summed E-state index contributed by atoms with van der Waals surface area (Å²) in [7, 11) is 1.78. The number of benzene rings is 1. The summed E-state index contributed by atoms with van der Waals surface area (Å²) in [6.45, 7) is 5.04. The van der Waals surface area contributed by atoms with Crippen LogP contribution in [0.5, 0.6) is 0 Å². The van der Waals surface area contributed by atoms with Crippen molar-refractivity contribution in [2.24, 2.45) is 10.4 Å². The minimum Gasteiger partial charge on any atom is -0.439 e. The molecule has 0 unspecified atom stereocenters. The topological polar surface area (TPSA) is 71.7 Å². The molecule has 3 rings (SSSR count). The molecular weight excluding hydrogens is 352 g/mol. The lowest BCUT2D eigenvalue weighted by atomic mass is 9.83. The van der Waals surface area contributed by atoms with Gasteiger partial charge >= 0.3 is 0 Å². The lowest BCUT2D eigenvalue weighted by Gasteiger charge is -2.29.